The molecule has 0 bridgehead atoms. The number of hydrogen-bond donors (Lipinski definition) is 0. The summed E-state index contributed by atoms with van der Waals surface area (Å²) in [5.74, 6) is -2.00. The van der Waals surface area contributed by atoms with E-state index in [9.17, 15) is 9.36 Å². The van der Waals surface area contributed by atoms with Crippen molar-refractivity contribution >= 4 is 13.6 Å². The van der Waals surface area contributed by atoms with Crippen LogP contribution in [0.3, 0.4) is 0 Å². The highest BCUT2D eigenvalue weighted by molar-refractivity contribution is 7.54. The summed E-state index contributed by atoms with van der Waals surface area (Å²) in [6.07, 6.45) is 0.222. The summed E-state index contributed by atoms with van der Waals surface area (Å²) in [6.45, 7) is 1.17. The summed E-state index contributed by atoms with van der Waals surface area (Å²) in [7, 11) is -1.42. The van der Waals surface area contributed by atoms with Gasteiger partial charge < -0.3 is 13.8 Å². The molecule has 9 heteroatoms. The number of ether oxygens (including phenoxy) is 1. The van der Waals surface area contributed by atoms with Gasteiger partial charge in [0.05, 0.1) is 6.04 Å². The molecule has 1 aromatic carbocycles. The molecule has 0 fully saturated rings. The average molecular weight is 327 g/mol. The van der Waals surface area contributed by atoms with E-state index in [0.29, 0.717) is 0 Å². The number of nitrogens with zero attached hydrogens (tertiary/aromatic N) is 3. The van der Waals surface area contributed by atoms with Gasteiger partial charge in [-0.25, -0.2) is 0 Å². The second-order valence-corrected chi connectivity index (χ2v) is 6.69. The summed E-state index contributed by atoms with van der Waals surface area (Å²) < 4.78 is 27.4. The molecule has 0 spiro atoms. The fourth-order valence-electron chi connectivity index (χ4n) is 1.93. The highest BCUT2D eigenvalue weighted by Crippen LogP contribution is 2.54. The van der Waals surface area contributed by atoms with Gasteiger partial charge in [-0.05, 0) is 17.5 Å². The van der Waals surface area contributed by atoms with Gasteiger partial charge in [-0.2, -0.15) is 0 Å². The second kappa shape index (κ2) is 8.56. The average Bonchev–Trinajstić information content (AvgIpc) is 2.52. The Bertz CT molecular complexity index is 581. The lowest BCUT2D eigenvalue weighted by Crippen LogP contribution is -2.32. The maximum atomic E-state index is 12.6. The van der Waals surface area contributed by atoms with E-state index in [2.05, 4.69) is 10.0 Å². The number of benzene rings is 1. The molecule has 22 heavy (non-hydrogen) atoms. The smallest absolute Gasteiger partial charge is 0.370 e. The van der Waals surface area contributed by atoms with Crippen LogP contribution >= 0.6 is 7.60 Å². The Morgan fingerprint density at radius 3 is 2.36 bits per heavy atom. The van der Waals surface area contributed by atoms with Gasteiger partial charge in [-0.1, -0.05) is 35.4 Å². The van der Waals surface area contributed by atoms with E-state index in [-0.39, 0.29) is 6.42 Å². The lowest BCUT2D eigenvalue weighted by molar-refractivity contribution is -0.144. The van der Waals surface area contributed by atoms with E-state index < -0.39 is 25.5 Å². The lowest BCUT2D eigenvalue weighted by Gasteiger charge is -2.28. The molecule has 0 aromatic heterocycles. The Morgan fingerprint density at radius 2 is 1.91 bits per heavy atom. The molecule has 0 amide bonds. The van der Waals surface area contributed by atoms with Crippen molar-refractivity contribution in [1.29, 1.82) is 0 Å². The van der Waals surface area contributed by atoms with Crippen molar-refractivity contribution in [3.05, 3.63) is 46.3 Å². The molecule has 2 atom stereocenters. The Morgan fingerprint density at radius 1 is 1.32 bits per heavy atom. The Kier molecular flexibility index (Phi) is 7.08. The highest BCUT2D eigenvalue weighted by atomic mass is 31.2. The molecule has 0 aliphatic rings. The van der Waals surface area contributed by atoms with E-state index in [4.69, 9.17) is 19.3 Å². The molecular formula is C13H18N3O5P. The number of carbonyl (C=O) groups is 1. The summed E-state index contributed by atoms with van der Waals surface area (Å²) in [4.78, 5) is 14.0. The molecular weight excluding hydrogens is 309 g/mol. The van der Waals surface area contributed by atoms with E-state index in [0.717, 1.165) is 5.56 Å². The first-order valence-corrected chi connectivity index (χ1v) is 8.04. The largest absolute Gasteiger partial charge is 0.449 e. The van der Waals surface area contributed by atoms with Gasteiger partial charge >= 0.3 is 13.6 Å². The molecule has 1 aromatic rings. The molecule has 8 nitrogen and oxygen atoms in total. The Labute approximate surface area is 128 Å². The second-order valence-electron chi connectivity index (χ2n) is 4.37. The minimum absolute atomic E-state index is 0.222. The molecule has 0 saturated heterocycles. The molecule has 0 saturated carbocycles. The minimum atomic E-state index is -3.78. The van der Waals surface area contributed by atoms with Crippen molar-refractivity contribution in [1.82, 2.24) is 0 Å². The summed E-state index contributed by atoms with van der Waals surface area (Å²) in [6, 6.07) is 8.17. The van der Waals surface area contributed by atoms with Crippen LogP contribution in [0.1, 0.15) is 12.5 Å². The standard InChI is InChI=1S/C13H18N3O5P/c1-10(17)21-13(22(18,19-2)20-3)12(15-16-14)9-11-7-5-4-6-8-11/h4-8,12-13H,9H2,1-3H3/t12-,13+/m1/s1. The number of carbonyl (C=O) groups excluding carboxylic acids is 1. The number of rotatable bonds is 8. The highest BCUT2D eigenvalue weighted by Gasteiger charge is 2.42. The van der Waals surface area contributed by atoms with Crippen LogP contribution in [0.25, 0.3) is 10.4 Å². The van der Waals surface area contributed by atoms with Crippen LogP contribution in [0.2, 0.25) is 0 Å². The Balaban J connectivity index is 3.17. The van der Waals surface area contributed by atoms with Crippen LogP contribution in [0.15, 0.2) is 35.4 Å². The first-order chi connectivity index (χ1) is 10.5. The van der Waals surface area contributed by atoms with Crippen molar-refractivity contribution in [3.63, 3.8) is 0 Å². The first kappa shape index (κ1) is 18.2. The number of azide groups is 1. The quantitative estimate of drug-likeness (QED) is 0.239. The monoisotopic (exact) mass is 327 g/mol. The zero-order valence-corrected chi connectivity index (χ0v) is 13.5. The maximum absolute atomic E-state index is 12.6. The van der Waals surface area contributed by atoms with Gasteiger partial charge in [0.25, 0.3) is 0 Å². The lowest BCUT2D eigenvalue weighted by atomic mass is 10.1. The zero-order chi connectivity index (χ0) is 16.6. The van der Waals surface area contributed by atoms with Crippen molar-refractivity contribution in [2.24, 2.45) is 5.11 Å². The van der Waals surface area contributed by atoms with Crippen LogP contribution in [0.5, 0.6) is 0 Å². The third kappa shape index (κ3) is 4.86. The molecule has 0 unspecified atom stereocenters. The first-order valence-electron chi connectivity index (χ1n) is 6.43. The summed E-state index contributed by atoms with van der Waals surface area (Å²) >= 11 is 0. The number of hydrogen-bond acceptors (Lipinski definition) is 6. The maximum Gasteiger partial charge on any atom is 0.370 e. The summed E-state index contributed by atoms with van der Waals surface area (Å²) in [5.41, 5.74) is 9.58. The van der Waals surface area contributed by atoms with Gasteiger partial charge in [0.15, 0.2) is 0 Å². The van der Waals surface area contributed by atoms with Crippen molar-refractivity contribution in [2.75, 3.05) is 14.2 Å². The molecule has 0 heterocycles. The van der Waals surface area contributed by atoms with Gasteiger partial charge in [0, 0.05) is 26.1 Å². The van der Waals surface area contributed by atoms with Gasteiger partial charge in [0.2, 0.25) is 5.85 Å². The molecule has 0 aliphatic heterocycles. The van der Waals surface area contributed by atoms with Crippen LogP contribution in [0, 0.1) is 0 Å². The fraction of sp³-hybridized carbons (Fsp3) is 0.462. The predicted octanol–water partition coefficient (Wildman–Crippen LogP) is 3.28. The third-order valence-electron chi connectivity index (χ3n) is 2.92. The molecule has 1 rings (SSSR count). The SMILES string of the molecule is COP(=O)(OC)[C@H](OC(C)=O)[C@@H](Cc1ccccc1)N=[N+]=[N-]. The summed E-state index contributed by atoms with van der Waals surface area (Å²) in [5, 5.41) is 3.61. The molecule has 0 aliphatic carbocycles. The van der Waals surface area contributed by atoms with Crippen LogP contribution in [-0.4, -0.2) is 32.1 Å². The predicted molar refractivity (Wildman–Crippen MR) is 80.3 cm³/mol. The normalized spacial score (nSPS) is 13.8. The molecule has 120 valence electrons. The van der Waals surface area contributed by atoms with Crippen molar-refractivity contribution in [3.8, 4) is 0 Å². The van der Waals surface area contributed by atoms with Crippen LogP contribution in [0.4, 0.5) is 0 Å². The third-order valence-corrected chi connectivity index (χ3v) is 5.01. The van der Waals surface area contributed by atoms with Crippen molar-refractivity contribution in [2.45, 2.75) is 25.2 Å². The fourth-order valence-corrected chi connectivity index (χ4v) is 3.36. The Hall–Kier alpha value is -1.85. The van der Waals surface area contributed by atoms with Crippen LogP contribution in [-0.2, 0) is 29.6 Å². The molecule has 0 N–H and O–H groups in total. The van der Waals surface area contributed by atoms with Crippen molar-refractivity contribution < 1.29 is 23.1 Å². The van der Waals surface area contributed by atoms with E-state index in [1.807, 2.05) is 30.3 Å². The van der Waals surface area contributed by atoms with Gasteiger partial charge in [-0.3, -0.25) is 9.36 Å². The number of esters is 1. The van der Waals surface area contributed by atoms with Gasteiger partial charge in [0.1, 0.15) is 0 Å². The van der Waals surface area contributed by atoms with E-state index in [1.165, 1.54) is 21.1 Å². The van der Waals surface area contributed by atoms with Crippen LogP contribution < -0.4 is 0 Å². The zero-order valence-electron chi connectivity index (χ0n) is 12.6. The molecule has 0 radical (unpaired) electrons. The van der Waals surface area contributed by atoms with Gasteiger partial charge in [-0.15, -0.1) is 0 Å². The van der Waals surface area contributed by atoms with E-state index in [1.54, 1.807) is 0 Å². The van der Waals surface area contributed by atoms with E-state index >= 15 is 0 Å². The topological polar surface area (TPSA) is 111 Å². The minimum Gasteiger partial charge on any atom is -0.449 e.